The smallest absolute Gasteiger partial charge is 0.257 e. The number of carbonyl (C=O) groups excluding carboxylic acids is 2. The molecule has 2 amide bonds. The molecule has 1 aliphatic heterocycles. The number of halogens is 1. The summed E-state index contributed by atoms with van der Waals surface area (Å²) in [5.74, 6) is 0.932. The summed E-state index contributed by atoms with van der Waals surface area (Å²) in [5, 5.41) is 3.48. The summed E-state index contributed by atoms with van der Waals surface area (Å²) >= 11 is 6.03. The minimum Gasteiger partial charge on any atom is -0.496 e. The Bertz CT molecular complexity index is 658. The van der Waals surface area contributed by atoms with E-state index in [2.05, 4.69) is 19.2 Å². The molecule has 1 aromatic rings. The predicted octanol–water partition coefficient (Wildman–Crippen LogP) is 3.38. The van der Waals surface area contributed by atoms with Gasteiger partial charge < -0.3 is 19.7 Å². The molecule has 0 saturated carbocycles. The Kier molecular flexibility index (Phi) is 9.06. The van der Waals surface area contributed by atoms with Crippen LogP contribution in [0.25, 0.3) is 0 Å². The van der Waals surface area contributed by atoms with Crippen LogP contribution < -0.4 is 10.1 Å². The summed E-state index contributed by atoms with van der Waals surface area (Å²) in [5.41, 5.74) is 0.458. The van der Waals surface area contributed by atoms with Crippen molar-refractivity contribution < 1.29 is 19.1 Å². The molecule has 28 heavy (non-hydrogen) atoms. The topological polar surface area (TPSA) is 67.9 Å². The molecule has 7 heteroatoms. The van der Waals surface area contributed by atoms with E-state index < -0.39 is 0 Å². The van der Waals surface area contributed by atoms with Crippen molar-refractivity contribution in [2.24, 2.45) is 11.8 Å². The lowest BCUT2D eigenvalue weighted by Gasteiger charge is -2.31. The number of amides is 2. The van der Waals surface area contributed by atoms with Crippen LogP contribution in [0.3, 0.4) is 0 Å². The molecule has 1 saturated heterocycles. The van der Waals surface area contributed by atoms with E-state index in [0.29, 0.717) is 61.3 Å². The van der Waals surface area contributed by atoms with Crippen LogP contribution in [0.5, 0.6) is 5.75 Å². The van der Waals surface area contributed by atoms with E-state index in [1.165, 1.54) is 7.11 Å². The molecule has 0 bridgehead atoms. The number of hydrogen-bond donors (Lipinski definition) is 1. The molecule has 0 aromatic heterocycles. The number of benzene rings is 1. The zero-order valence-corrected chi connectivity index (χ0v) is 17.8. The van der Waals surface area contributed by atoms with Crippen molar-refractivity contribution in [1.29, 1.82) is 0 Å². The number of methoxy groups -OCH3 is 1. The van der Waals surface area contributed by atoms with Crippen LogP contribution in [-0.2, 0) is 9.53 Å². The zero-order chi connectivity index (χ0) is 20.5. The molecule has 1 heterocycles. The van der Waals surface area contributed by atoms with Crippen molar-refractivity contribution in [3.8, 4) is 5.75 Å². The first-order valence-electron chi connectivity index (χ1n) is 9.90. The molecule has 1 N–H and O–H groups in total. The lowest BCUT2D eigenvalue weighted by atomic mass is 9.95. The molecule has 0 unspecified atom stereocenters. The fourth-order valence-electron chi connectivity index (χ4n) is 3.21. The van der Waals surface area contributed by atoms with Gasteiger partial charge in [-0.05, 0) is 43.4 Å². The second-order valence-corrected chi connectivity index (χ2v) is 7.96. The van der Waals surface area contributed by atoms with Gasteiger partial charge in [0.15, 0.2) is 0 Å². The Morgan fingerprint density at radius 3 is 2.64 bits per heavy atom. The Balaban J connectivity index is 1.75. The third-order valence-electron chi connectivity index (χ3n) is 4.76. The number of ether oxygens (including phenoxy) is 2. The van der Waals surface area contributed by atoms with Gasteiger partial charge in [0.05, 0.1) is 12.7 Å². The maximum absolute atomic E-state index is 12.8. The number of rotatable bonds is 9. The standard InChI is InChI=1S/C21H31ClN2O4/c1-15(2)14-28-12-4-9-23-20(25)16-7-10-24(11-8-16)21(26)18-13-17(22)5-6-19(18)27-3/h5-6,13,15-16H,4,7-12,14H2,1-3H3,(H,23,25). The maximum atomic E-state index is 12.8. The van der Waals surface area contributed by atoms with Crippen LogP contribution in [0.4, 0.5) is 0 Å². The first-order chi connectivity index (χ1) is 13.4. The molecule has 0 aliphatic carbocycles. The summed E-state index contributed by atoms with van der Waals surface area (Å²) in [6, 6.07) is 5.02. The number of nitrogens with one attached hydrogen (secondary N) is 1. The molecule has 0 atom stereocenters. The van der Waals surface area contributed by atoms with Crippen molar-refractivity contribution in [3.63, 3.8) is 0 Å². The minimum absolute atomic E-state index is 0.0538. The van der Waals surface area contributed by atoms with E-state index in [-0.39, 0.29) is 17.7 Å². The third-order valence-corrected chi connectivity index (χ3v) is 5.00. The monoisotopic (exact) mass is 410 g/mol. The van der Waals surface area contributed by atoms with Crippen LogP contribution in [0.1, 0.15) is 43.5 Å². The summed E-state index contributed by atoms with van der Waals surface area (Å²) in [6.45, 7) is 7.34. The van der Waals surface area contributed by atoms with Crippen molar-refractivity contribution >= 4 is 23.4 Å². The largest absolute Gasteiger partial charge is 0.496 e. The molecule has 1 aliphatic rings. The number of likely N-dealkylation sites (tertiary alicyclic amines) is 1. The molecule has 1 aromatic carbocycles. The van der Waals surface area contributed by atoms with Gasteiger partial charge in [-0.2, -0.15) is 0 Å². The molecule has 2 rings (SSSR count). The number of nitrogens with zero attached hydrogens (tertiary/aromatic N) is 1. The quantitative estimate of drug-likeness (QED) is 0.633. The summed E-state index contributed by atoms with van der Waals surface area (Å²) in [7, 11) is 1.53. The summed E-state index contributed by atoms with van der Waals surface area (Å²) in [6.07, 6.45) is 2.12. The van der Waals surface area contributed by atoms with E-state index in [4.69, 9.17) is 21.1 Å². The van der Waals surface area contributed by atoms with E-state index in [1.54, 1.807) is 23.1 Å². The molecule has 0 radical (unpaired) electrons. The fraction of sp³-hybridized carbons (Fsp3) is 0.619. The van der Waals surface area contributed by atoms with Gasteiger partial charge in [0.1, 0.15) is 5.75 Å². The first-order valence-corrected chi connectivity index (χ1v) is 10.3. The maximum Gasteiger partial charge on any atom is 0.257 e. The lowest BCUT2D eigenvalue weighted by Crippen LogP contribution is -2.43. The third kappa shape index (κ3) is 6.67. The van der Waals surface area contributed by atoms with Crippen LogP contribution in [0.15, 0.2) is 18.2 Å². The Hall–Kier alpha value is -1.79. The normalized spacial score (nSPS) is 15.0. The van der Waals surface area contributed by atoms with Gasteiger partial charge in [-0.3, -0.25) is 9.59 Å². The van der Waals surface area contributed by atoms with Gasteiger partial charge in [0.2, 0.25) is 5.91 Å². The molecule has 156 valence electrons. The zero-order valence-electron chi connectivity index (χ0n) is 17.0. The molecule has 6 nitrogen and oxygen atoms in total. The van der Waals surface area contributed by atoms with Gasteiger partial charge in [-0.15, -0.1) is 0 Å². The fourth-order valence-corrected chi connectivity index (χ4v) is 3.38. The summed E-state index contributed by atoms with van der Waals surface area (Å²) in [4.78, 5) is 26.9. The van der Waals surface area contributed by atoms with E-state index >= 15 is 0 Å². The highest BCUT2D eigenvalue weighted by molar-refractivity contribution is 6.31. The Morgan fingerprint density at radius 2 is 2.00 bits per heavy atom. The Labute approximate surface area is 172 Å². The Morgan fingerprint density at radius 1 is 1.29 bits per heavy atom. The van der Waals surface area contributed by atoms with E-state index in [9.17, 15) is 9.59 Å². The van der Waals surface area contributed by atoms with Crippen molar-refractivity contribution in [2.45, 2.75) is 33.1 Å². The molecular weight excluding hydrogens is 380 g/mol. The summed E-state index contributed by atoms with van der Waals surface area (Å²) < 4.78 is 10.8. The lowest BCUT2D eigenvalue weighted by molar-refractivity contribution is -0.126. The predicted molar refractivity (Wildman–Crippen MR) is 110 cm³/mol. The second kappa shape index (κ2) is 11.3. The van der Waals surface area contributed by atoms with Crippen LogP contribution in [0.2, 0.25) is 5.02 Å². The number of hydrogen-bond acceptors (Lipinski definition) is 4. The number of carbonyl (C=O) groups is 2. The van der Waals surface area contributed by atoms with Gasteiger partial charge >= 0.3 is 0 Å². The molecule has 0 spiro atoms. The van der Waals surface area contributed by atoms with Gasteiger partial charge in [0, 0.05) is 43.8 Å². The van der Waals surface area contributed by atoms with Crippen LogP contribution >= 0.6 is 11.6 Å². The van der Waals surface area contributed by atoms with Crippen molar-refractivity contribution in [3.05, 3.63) is 28.8 Å². The highest BCUT2D eigenvalue weighted by Crippen LogP contribution is 2.26. The first kappa shape index (κ1) is 22.5. The minimum atomic E-state index is -0.111. The highest BCUT2D eigenvalue weighted by Gasteiger charge is 2.28. The molecular formula is C21H31ClN2O4. The van der Waals surface area contributed by atoms with Gasteiger partial charge in [-0.25, -0.2) is 0 Å². The molecule has 1 fully saturated rings. The van der Waals surface area contributed by atoms with E-state index in [1.807, 2.05) is 0 Å². The van der Waals surface area contributed by atoms with Crippen LogP contribution in [-0.4, -0.2) is 56.7 Å². The van der Waals surface area contributed by atoms with Gasteiger partial charge in [-0.1, -0.05) is 25.4 Å². The van der Waals surface area contributed by atoms with Crippen molar-refractivity contribution in [1.82, 2.24) is 10.2 Å². The number of piperidine rings is 1. The van der Waals surface area contributed by atoms with Crippen molar-refractivity contribution in [2.75, 3.05) is 40.0 Å². The van der Waals surface area contributed by atoms with Gasteiger partial charge in [0.25, 0.3) is 5.91 Å². The highest BCUT2D eigenvalue weighted by atomic mass is 35.5. The van der Waals surface area contributed by atoms with E-state index in [0.717, 1.165) is 13.0 Å². The van der Waals surface area contributed by atoms with Crippen LogP contribution in [0, 0.1) is 11.8 Å². The average Bonchev–Trinajstić information content (AvgIpc) is 2.69. The SMILES string of the molecule is COc1ccc(Cl)cc1C(=O)N1CCC(C(=O)NCCCOCC(C)C)CC1. The average molecular weight is 411 g/mol. The second-order valence-electron chi connectivity index (χ2n) is 7.52.